The number of carbonyl (C=O) groups excluding carboxylic acids is 2. The van der Waals surface area contributed by atoms with E-state index < -0.39 is 0 Å². The van der Waals surface area contributed by atoms with Crippen LogP contribution in [-0.2, 0) is 23.2 Å². The number of benzene rings is 1. The standard InChI is InChI=1S/C39H48N6O5S/c1-25-26(2)37(46)42(3)21-30(25)28-17-34(49-4)33(35(18-28)50-5)22-43-12-14-44(15-13-43)39(48)32-24-45(23-31(32)27-9-7-6-8-10-27)38(47)29(20-40)19-36-41-11-16-51-36/h11,16-19,21,27,31-32H,6-10,12-15,22-24H2,1-5H3/b29-19+/t31-,32+/m0/s1. The Morgan fingerprint density at radius 3 is 2.29 bits per heavy atom. The molecule has 11 nitrogen and oxygen atoms in total. The Balaban J connectivity index is 1.16. The molecule has 12 heteroatoms. The van der Waals surface area contributed by atoms with Crippen molar-refractivity contribution in [3.8, 4) is 28.7 Å². The average molecular weight is 713 g/mol. The topological polar surface area (TPSA) is 121 Å². The Hall–Kier alpha value is -4.47. The molecule has 2 amide bonds. The van der Waals surface area contributed by atoms with Crippen LogP contribution in [0, 0.1) is 42.9 Å². The molecule has 2 aliphatic heterocycles. The van der Waals surface area contributed by atoms with E-state index in [0.29, 0.717) is 73.8 Å². The van der Waals surface area contributed by atoms with Crippen LogP contribution in [0.5, 0.6) is 11.5 Å². The lowest BCUT2D eigenvalue weighted by molar-refractivity contribution is -0.139. The highest BCUT2D eigenvalue weighted by Crippen LogP contribution is 2.40. The van der Waals surface area contributed by atoms with Crippen LogP contribution in [0.2, 0.25) is 0 Å². The van der Waals surface area contributed by atoms with Gasteiger partial charge in [-0.1, -0.05) is 32.1 Å². The Labute approximate surface area is 304 Å². The summed E-state index contributed by atoms with van der Waals surface area (Å²) in [6, 6.07) is 6.10. The number of rotatable bonds is 9. The van der Waals surface area contributed by atoms with Gasteiger partial charge in [0, 0.05) is 81.8 Å². The lowest BCUT2D eigenvalue weighted by atomic mass is 9.75. The van der Waals surface area contributed by atoms with Crippen molar-refractivity contribution in [1.29, 1.82) is 5.26 Å². The quantitative estimate of drug-likeness (QED) is 0.223. The van der Waals surface area contributed by atoms with Crippen molar-refractivity contribution in [2.24, 2.45) is 24.8 Å². The minimum Gasteiger partial charge on any atom is -0.496 e. The molecule has 2 saturated heterocycles. The average Bonchev–Trinajstić information content (AvgIpc) is 3.85. The molecule has 3 fully saturated rings. The van der Waals surface area contributed by atoms with Crippen molar-refractivity contribution in [2.75, 3.05) is 53.5 Å². The van der Waals surface area contributed by atoms with Gasteiger partial charge in [-0.2, -0.15) is 5.26 Å². The Bertz CT molecular complexity index is 1860. The molecule has 3 aromatic rings. The van der Waals surface area contributed by atoms with Crippen LogP contribution in [0.3, 0.4) is 0 Å². The van der Waals surface area contributed by atoms with Crippen molar-refractivity contribution >= 4 is 29.2 Å². The molecular weight excluding hydrogens is 665 g/mol. The molecule has 270 valence electrons. The number of nitriles is 1. The molecule has 3 aliphatic rings. The number of carbonyl (C=O) groups is 2. The summed E-state index contributed by atoms with van der Waals surface area (Å²) in [4.78, 5) is 50.6. The minimum atomic E-state index is -0.316. The molecule has 1 aromatic carbocycles. The second-order valence-corrected chi connectivity index (χ2v) is 15.0. The van der Waals surface area contributed by atoms with Gasteiger partial charge in [0.1, 0.15) is 28.1 Å². The fraction of sp³-hybridized carbons (Fsp3) is 0.513. The first-order valence-corrected chi connectivity index (χ1v) is 18.7. The summed E-state index contributed by atoms with van der Waals surface area (Å²) in [6.45, 7) is 7.81. The molecule has 51 heavy (non-hydrogen) atoms. The van der Waals surface area contributed by atoms with Crippen molar-refractivity contribution < 1.29 is 19.1 Å². The van der Waals surface area contributed by atoms with E-state index in [-0.39, 0.29) is 34.8 Å². The number of aryl methyl sites for hydroxylation is 1. The summed E-state index contributed by atoms with van der Waals surface area (Å²) >= 11 is 1.38. The molecule has 0 bridgehead atoms. The summed E-state index contributed by atoms with van der Waals surface area (Å²) < 4.78 is 13.4. The number of hydrogen-bond donors (Lipinski definition) is 0. The molecule has 6 rings (SSSR count). The first kappa shape index (κ1) is 36.3. The predicted octanol–water partition coefficient (Wildman–Crippen LogP) is 5.05. The van der Waals surface area contributed by atoms with Crippen LogP contribution in [0.15, 0.2) is 40.3 Å². The van der Waals surface area contributed by atoms with Crippen LogP contribution < -0.4 is 15.0 Å². The summed E-state index contributed by atoms with van der Waals surface area (Å²) in [5, 5.41) is 12.3. The number of ether oxygens (including phenoxy) is 2. The number of pyridine rings is 1. The minimum absolute atomic E-state index is 0.0134. The lowest BCUT2D eigenvalue weighted by Gasteiger charge is -2.38. The van der Waals surface area contributed by atoms with Crippen LogP contribution in [-0.4, -0.2) is 89.6 Å². The summed E-state index contributed by atoms with van der Waals surface area (Å²) in [6.07, 6.45) is 10.7. The maximum absolute atomic E-state index is 14.3. The Kier molecular flexibility index (Phi) is 11.3. The molecule has 0 radical (unpaired) electrons. The van der Waals surface area contributed by atoms with Crippen molar-refractivity contribution in [3.05, 3.63) is 67.5 Å². The first-order chi connectivity index (χ1) is 24.6. The predicted molar refractivity (Wildman–Crippen MR) is 197 cm³/mol. The van der Waals surface area contributed by atoms with Gasteiger partial charge in [0.05, 0.1) is 25.7 Å². The second kappa shape index (κ2) is 15.8. The fourth-order valence-electron chi connectivity index (χ4n) is 8.18. The number of nitrogens with zero attached hydrogens (tertiary/aromatic N) is 6. The third kappa shape index (κ3) is 7.60. The molecular formula is C39H48N6O5S. The zero-order chi connectivity index (χ0) is 36.2. The monoisotopic (exact) mass is 712 g/mol. The van der Waals surface area contributed by atoms with E-state index >= 15 is 0 Å². The number of thiazole rings is 1. The van der Waals surface area contributed by atoms with E-state index in [2.05, 4.69) is 16.0 Å². The molecule has 1 saturated carbocycles. The van der Waals surface area contributed by atoms with E-state index in [9.17, 15) is 19.6 Å². The van der Waals surface area contributed by atoms with E-state index in [0.717, 1.165) is 47.9 Å². The number of methoxy groups -OCH3 is 2. The van der Waals surface area contributed by atoms with Gasteiger partial charge >= 0.3 is 0 Å². The largest absolute Gasteiger partial charge is 0.496 e. The SMILES string of the molecule is COc1cc(-c2cn(C)c(=O)c(C)c2C)cc(OC)c1CN1CCN(C(=O)[C@@H]2CN(C(=O)/C(C#N)=C/c3nccs3)C[C@H]2C2CCCCC2)CC1. The van der Waals surface area contributed by atoms with Crippen LogP contribution in [0.1, 0.15) is 53.8 Å². The van der Waals surface area contributed by atoms with Gasteiger partial charge in [0.2, 0.25) is 5.91 Å². The number of likely N-dealkylation sites (tertiary alicyclic amines) is 1. The van der Waals surface area contributed by atoms with Crippen LogP contribution in [0.25, 0.3) is 17.2 Å². The highest BCUT2D eigenvalue weighted by Gasteiger charge is 2.45. The summed E-state index contributed by atoms with van der Waals surface area (Å²) in [5.74, 6) is 1.43. The zero-order valence-electron chi connectivity index (χ0n) is 30.3. The fourth-order valence-corrected chi connectivity index (χ4v) is 8.75. The van der Waals surface area contributed by atoms with Crippen molar-refractivity contribution in [1.82, 2.24) is 24.3 Å². The first-order valence-electron chi connectivity index (χ1n) is 17.9. The van der Waals surface area contributed by atoms with Crippen molar-refractivity contribution in [2.45, 2.75) is 52.5 Å². The van der Waals surface area contributed by atoms with E-state index in [1.807, 2.05) is 42.5 Å². The Morgan fingerprint density at radius 1 is 1.00 bits per heavy atom. The number of amides is 2. The highest BCUT2D eigenvalue weighted by atomic mass is 32.1. The lowest BCUT2D eigenvalue weighted by Crippen LogP contribution is -2.51. The maximum Gasteiger partial charge on any atom is 0.264 e. The summed E-state index contributed by atoms with van der Waals surface area (Å²) in [5.41, 5.74) is 4.48. The zero-order valence-corrected chi connectivity index (χ0v) is 31.1. The number of hydrogen-bond acceptors (Lipinski definition) is 9. The van der Waals surface area contributed by atoms with Crippen molar-refractivity contribution in [3.63, 3.8) is 0 Å². The van der Waals surface area contributed by atoms with E-state index in [4.69, 9.17) is 9.47 Å². The molecule has 0 unspecified atom stereocenters. The van der Waals surface area contributed by atoms with Gasteiger partial charge in [0.15, 0.2) is 0 Å². The third-order valence-electron chi connectivity index (χ3n) is 11.2. The molecule has 1 aliphatic carbocycles. The van der Waals surface area contributed by atoms with Gasteiger partial charge in [-0.15, -0.1) is 11.3 Å². The third-order valence-corrected chi connectivity index (χ3v) is 11.9. The molecule has 2 atom stereocenters. The van der Waals surface area contributed by atoms with Crippen LogP contribution in [0.4, 0.5) is 0 Å². The van der Waals surface area contributed by atoms with Gasteiger partial charge in [-0.05, 0) is 55.0 Å². The smallest absolute Gasteiger partial charge is 0.264 e. The normalized spacial score (nSPS) is 20.4. The number of aromatic nitrogens is 2. The van der Waals surface area contributed by atoms with Gasteiger partial charge in [-0.3, -0.25) is 19.3 Å². The van der Waals surface area contributed by atoms with E-state index in [1.165, 1.54) is 17.8 Å². The maximum atomic E-state index is 14.3. The molecule has 4 heterocycles. The second-order valence-electron chi connectivity index (χ2n) is 14.1. The molecule has 0 N–H and O–H groups in total. The highest BCUT2D eigenvalue weighted by molar-refractivity contribution is 7.10. The molecule has 2 aromatic heterocycles. The van der Waals surface area contributed by atoms with E-state index in [1.54, 1.807) is 43.0 Å². The number of piperazine rings is 1. The summed E-state index contributed by atoms with van der Waals surface area (Å²) in [7, 11) is 5.08. The Morgan fingerprint density at radius 2 is 1.69 bits per heavy atom. The molecule has 0 spiro atoms. The van der Waals surface area contributed by atoms with Gasteiger partial charge < -0.3 is 23.8 Å². The van der Waals surface area contributed by atoms with Crippen LogP contribution >= 0.6 is 11.3 Å². The van der Waals surface area contributed by atoms with Gasteiger partial charge in [-0.25, -0.2) is 4.98 Å². The van der Waals surface area contributed by atoms with Gasteiger partial charge in [0.25, 0.3) is 11.5 Å².